The molecule has 0 radical (unpaired) electrons. The number of hydrogen-bond donors (Lipinski definition) is 4. The van der Waals surface area contributed by atoms with Crippen molar-refractivity contribution in [2.75, 3.05) is 6.61 Å². The van der Waals surface area contributed by atoms with Crippen molar-refractivity contribution in [1.29, 1.82) is 0 Å². The molecule has 0 spiro atoms. The Morgan fingerprint density at radius 1 is 1.03 bits per heavy atom. The Hall–Kier alpha value is -2.35. The van der Waals surface area contributed by atoms with Gasteiger partial charge >= 0.3 is 19.8 Å². The molecule has 0 aliphatic heterocycles. The number of rotatable bonds is 9. The van der Waals surface area contributed by atoms with E-state index >= 15 is 0 Å². The van der Waals surface area contributed by atoms with Gasteiger partial charge in [-0.3, -0.25) is 19.4 Å². The monoisotopic (exact) mass is 480 g/mol. The Kier molecular flexibility index (Phi) is 6.33. The van der Waals surface area contributed by atoms with Gasteiger partial charge < -0.3 is 19.5 Å². The van der Waals surface area contributed by atoms with E-state index in [0.29, 0.717) is 35.0 Å². The van der Waals surface area contributed by atoms with Crippen LogP contribution in [0.4, 0.5) is 0 Å². The molecule has 10 heteroatoms. The van der Waals surface area contributed by atoms with E-state index in [-0.39, 0.29) is 18.8 Å². The van der Waals surface area contributed by atoms with E-state index in [9.17, 15) is 34.2 Å². The molecule has 0 heterocycles. The molecule has 4 aliphatic rings. The summed E-state index contributed by atoms with van der Waals surface area (Å²) in [5, 5.41) is 18.8. The van der Waals surface area contributed by atoms with Crippen LogP contribution in [0.1, 0.15) is 51.0 Å². The van der Waals surface area contributed by atoms with E-state index in [2.05, 4.69) is 0 Å². The zero-order valence-corrected chi connectivity index (χ0v) is 19.2. The molecule has 4 fully saturated rings. The SMILES string of the molecule is CC(CCOC(=C1C2CC3CC(C2)CC1C3)c1cccc(OP(=O)(O)O)c1)(C(=O)O)C(=O)O. The van der Waals surface area contributed by atoms with Gasteiger partial charge in [-0.15, -0.1) is 0 Å². The highest BCUT2D eigenvalue weighted by atomic mass is 31.2. The summed E-state index contributed by atoms with van der Waals surface area (Å²) in [7, 11) is -4.74. The molecule has 4 saturated carbocycles. The van der Waals surface area contributed by atoms with Crippen molar-refractivity contribution in [3.63, 3.8) is 0 Å². The number of carboxylic acid groups (broad SMARTS) is 2. The summed E-state index contributed by atoms with van der Waals surface area (Å²) in [6.07, 6.45) is 5.29. The number of aliphatic carboxylic acids is 2. The van der Waals surface area contributed by atoms with Crippen LogP contribution in [-0.4, -0.2) is 38.5 Å². The average Bonchev–Trinajstić information content (AvgIpc) is 2.70. The molecule has 9 nitrogen and oxygen atoms in total. The maximum Gasteiger partial charge on any atom is 0.524 e. The summed E-state index contributed by atoms with van der Waals surface area (Å²) in [4.78, 5) is 41.5. The molecule has 1 aromatic carbocycles. The van der Waals surface area contributed by atoms with Crippen molar-refractivity contribution in [3.05, 3.63) is 35.4 Å². The predicted octanol–water partition coefficient (Wildman–Crippen LogP) is 3.91. The maximum absolute atomic E-state index is 11.5. The fourth-order valence-corrected chi connectivity index (χ4v) is 6.28. The lowest BCUT2D eigenvalue weighted by atomic mass is 9.54. The number of phosphoric acid groups is 1. The predicted molar refractivity (Wildman–Crippen MR) is 117 cm³/mol. The van der Waals surface area contributed by atoms with Crippen molar-refractivity contribution in [2.24, 2.45) is 29.1 Å². The number of benzene rings is 1. The van der Waals surface area contributed by atoms with Crippen molar-refractivity contribution < 1.29 is 43.4 Å². The summed E-state index contributed by atoms with van der Waals surface area (Å²) in [6.45, 7) is 1.04. The third-order valence-corrected chi connectivity index (χ3v) is 7.84. The summed E-state index contributed by atoms with van der Waals surface area (Å²) < 4.78 is 22.2. The van der Waals surface area contributed by atoms with Crippen LogP contribution in [0.15, 0.2) is 29.8 Å². The molecule has 4 N–H and O–H groups in total. The molecule has 0 aromatic heterocycles. The molecule has 0 unspecified atom stereocenters. The minimum Gasteiger partial charge on any atom is -0.493 e. The Balaban J connectivity index is 1.67. The summed E-state index contributed by atoms with van der Waals surface area (Å²) in [5.41, 5.74) is -0.246. The third-order valence-electron chi connectivity index (χ3n) is 7.39. The zero-order valence-electron chi connectivity index (χ0n) is 18.3. The van der Waals surface area contributed by atoms with Crippen LogP contribution in [0.25, 0.3) is 5.76 Å². The minimum absolute atomic E-state index is 0.00717. The molecule has 0 saturated heterocycles. The molecular formula is C23H29O9P. The summed E-state index contributed by atoms with van der Waals surface area (Å²) in [6, 6.07) is 6.31. The van der Waals surface area contributed by atoms with Crippen molar-refractivity contribution in [3.8, 4) is 5.75 Å². The maximum atomic E-state index is 11.5. The molecule has 33 heavy (non-hydrogen) atoms. The number of ether oxygens (including phenoxy) is 1. The van der Waals surface area contributed by atoms with Crippen LogP contribution < -0.4 is 4.52 Å². The Morgan fingerprint density at radius 3 is 2.12 bits per heavy atom. The molecule has 0 amide bonds. The second-order valence-corrected chi connectivity index (χ2v) is 10.9. The topological polar surface area (TPSA) is 151 Å². The highest BCUT2D eigenvalue weighted by Gasteiger charge is 2.47. The van der Waals surface area contributed by atoms with E-state index < -0.39 is 25.2 Å². The van der Waals surface area contributed by atoms with Crippen molar-refractivity contribution in [2.45, 2.75) is 45.4 Å². The first-order valence-corrected chi connectivity index (χ1v) is 12.7. The van der Waals surface area contributed by atoms with Crippen LogP contribution in [0, 0.1) is 29.1 Å². The van der Waals surface area contributed by atoms with Gasteiger partial charge in [-0.2, -0.15) is 0 Å². The smallest absolute Gasteiger partial charge is 0.493 e. The van der Waals surface area contributed by atoms with Gasteiger partial charge in [0.15, 0.2) is 5.41 Å². The lowest BCUT2D eigenvalue weighted by Gasteiger charge is -2.51. The second-order valence-electron chi connectivity index (χ2n) is 9.74. The van der Waals surface area contributed by atoms with Gasteiger partial charge in [-0.05, 0) is 80.4 Å². The molecule has 1 aromatic rings. The molecule has 4 bridgehead atoms. The average molecular weight is 480 g/mol. The molecule has 0 atom stereocenters. The molecule has 4 aliphatic carbocycles. The van der Waals surface area contributed by atoms with Crippen LogP contribution in [0.2, 0.25) is 0 Å². The van der Waals surface area contributed by atoms with Gasteiger partial charge in [0.25, 0.3) is 0 Å². The van der Waals surface area contributed by atoms with E-state index in [1.165, 1.54) is 18.6 Å². The summed E-state index contributed by atoms with van der Waals surface area (Å²) in [5.74, 6) is -0.238. The fraction of sp³-hybridized carbons (Fsp3) is 0.565. The molecule has 5 rings (SSSR count). The third kappa shape index (κ3) is 4.95. The first-order chi connectivity index (χ1) is 15.5. The van der Waals surface area contributed by atoms with E-state index in [4.69, 9.17) is 9.26 Å². The van der Waals surface area contributed by atoms with Gasteiger partial charge in [0.1, 0.15) is 11.5 Å². The van der Waals surface area contributed by atoms with Crippen molar-refractivity contribution >= 4 is 25.5 Å². The van der Waals surface area contributed by atoms with Gasteiger partial charge in [0.05, 0.1) is 6.61 Å². The lowest BCUT2D eigenvalue weighted by Crippen LogP contribution is -2.41. The van der Waals surface area contributed by atoms with Crippen molar-refractivity contribution in [1.82, 2.24) is 0 Å². The zero-order chi connectivity index (χ0) is 24.0. The Labute approximate surface area is 191 Å². The standard InChI is InChI=1S/C23H29O9P/c1-23(21(24)25,22(26)27)5-6-31-20(15-3-2-4-18(12-15)32-33(28,29)30)19-16-8-13-7-14(10-16)11-17(19)9-13/h2-4,12-14,16-17H,5-11H2,1H3,(H,24,25)(H,26,27)(H2,28,29,30). The van der Waals surface area contributed by atoms with Gasteiger partial charge in [0.2, 0.25) is 0 Å². The highest BCUT2D eigenvalue weighted by molar-refractivity contribution is 7.46. The summed E-state index contributed by atoms with van der Waals surface area (Å²) >= 11 is 0. The number of hydrogen-bond acceptors (Lipinski definition) is 5. The Morgan fingerprint density at radius 2 is 1.61 bits per heavy atom. The Bertz CT molecular complexity index is 981. The fourth-order valence-electron chi connectivity index (χ4n) is 5.89. The normalized spacial score (nSPS) is 26.2. The van der Waals surface area contributed by atoms with Gasteiger partial charge in [-0.1, -0.05) is 12.1 Å². The largest absolute Gasteiger partial charge is 0.524 e. The van der Waals surface area contributed by atoms with Crippen LogP contribution in [-0.2, 0) is 18.9 Å². The van der Waals surface area contributed by atoms with E-state index in [1.807, 2.05) is 0 Å². The molecule has 180 valence electrons. The van der Waals surface area contributed by atoms with Gasteiger partial charge in [-0.25, -0.2) is 4.57 Å². The van der Waals surface area contributed by atoms with Crippen LogP contribution >= 0.6 is 7.82 Å². The first-order valence-electron chi connectivity index (χ1n) is 11.2. The van der Waals surface area contributed by atoms with E-state index in [0.717, 1.165) is 38.2 Å². The van der Waals surface area contributed by atoms with Gasteiger partial charge in [0, 0.05) is 12.0 Å². The van der Waals surface area contributed by atoms with E-state index in [1.54, 1.807) is 12.1 Å². The minimum atomic E-state index is -4.74. The number of allylic oxidation sites excluding steroid dienone is 1. The highest BCUT2D eigenvalue weighted by Crippen LogP contribution is 2.58. The quantitative estimate of drug-likeness (QED) is 0.234. The number of phosphoric ester groups is 1. The van der Waals surface area contributed by atoms with Crippen LogP contribution in [0.3, 0.4) is 0 Å². The molecular weight excluding hydrogens is 451 g/mol. The second kappa shape index (κ2) is 8.78. The lowest BCUT2D eigenvalue weighted by molar-refractivity contribution is -0.164. The number of carboxylic acids is 2. The first kappa shape index (κ1) is 23.8. The number of carbonyl (C=O) groups is 2. The van der Waals surface area contributed by atoms with Crippen LogP contribution in [0.5, 0.6) is 5.75 Å².